The Balaban J connectivity index is 1.52. The quantitative estimate of drug-likeness (QED) is 0.452. The predicted molar refractivity (Wildman–Crippen MR) is 115 cm³/mol. The minimum Gasteiger partial charge on any atom is -0.497 e. The third-order valence-corrected chi connectivity index (χ3v) is 4.21. The first-order valence-electron chi connectivity index (χ1n) is 9.09. The van der Waals surface area contributed by atoms with E-state index in [1.165, 1.54) is 0 Å². The number of ether oxygens (including phenoxy) is 2. The Kier molecular flexibility index (Phi) is 6.79. The number of hydrazone groups is 1. The van der Waals surface area contributed by atoms with Crippen molar-refractivity contribution in [3.05, 3.63) is 102 Å². The van der Waals surface area contributed by atoms with E-state index < -0.39 is 0 Å². The van der Waals surface area contributed by atoms with Gasteiger partial charge in [-0.2, -0.15) is 5.10 Å². The van der Waals surface area contributed by atoms with Crippen LogP contribution in [0.1, 0.15) is 27.0 Å². The van der Waals surface area contributed by atoms with Crippen molar-refractivity contribution in [2.45, 2.75) is 6.61 Å². The van der Waals surface area contributed by atoms with E-state index in [-0.39, 0.29) is 5.91 Å². The molecule has 0 aliphatic heterocycles. The van der Waals surface area contributed by atoms with Gasteiger partial charge in [-0.15, -0.1) is 0 Å². The van der Waals surface area contributed by atoms with Crippen LogP contribution in [0.3, 0.4) is 0 Å². The number of carbonyl (C=O) groups excluding carboxylic acids is 1. The van der Waals surface area contributed by atoms with Gasteiger partial charge in [0.25, 0.3) is 5.91 Å². The lowest BCUT2D eigenvalue weighted by molar-refractivity contribution is 0.0955. The Morgan fingerprint density at radius 3 is 2.45 bits per heavy atom. The molecule has 0 radical (unpaired) electrons. The molecule has 3 aromatic rings. The number of methoxy groups -OCH3 is 1. The molecule has 146 valence electrons. The van der Waals surface area contributed by atoms with Crippen molar-refractivity contribution in [3.8, 4) is 11.5 Å². The molecule has 0 aliphatic carbocycles. The third kappa shape index (κ3) is 5.81. The van der Waals surface area contributed by atoms with E-state index in [0.29, 0.717) is 17.9 Å². The van der Waals surface area contributed by atoms with Crippen molar-refractivity contribution in [3.63, 3.8) is 0 Å². The molecule has 0 saturated carbocycles. The Bertz CT molecular complexity index is 993. The van der Waals surface area contributed by atoms with Crippen LogP contribution < -0.4 is 14.9 Å². The van der Waals surface area contributed by atoms with Crippen LogP contribution in [0.2, 0.25) is 0 Å². The molecule has 3 aromatic carbocycles. The molecule has 0 aliphatic rings. The fraction of sp³-hybridized carbons (Fsp3) is 0.0833. The maximum atomic E-state index is 12.2. The third-order valence-electron chi connectivity index (χ3n) is 4.21. The summed E-state index contributed by atoms with van der Waals surface area (Å²) in [6.45, 7) is 4.19. The first kappa shape index (κ1) is 19.9. The normalized spacial score (nSPS) is 10.5. The SMILES string of the molecule is C=Cc1ccc(COc2ccc(C(=O)N/N=C/c3cccc(OC)c3)cc2)cc1. The first-order valence-corrected chi connectivity index (χ1v) is 9.09. The van der Waals surface area contributed by atoms with Gasteiger partial charge in [-0.05, 0) is 53.1 Å². The number of rotatable bonds is 8. The molecule has 3 rings (SSSR count). The average Bonchev–Trinajstić information content (AvgIpc) is 2.78. The maximum absolute atomic E-state index is 12.2. The highest BCUT2D eigenvalue weighted by molar-refractivity contribution is 5.95. The minimum absolute atomic E-state index is 0.296. The Hall–Kier alpha value is -3.86. The van der Waals surface area contributed by atoms with Crippen molar-refractivity contribution < 1.29 is 14.3 Å². The molecule has 0 fully saturated rings. The van der Waals surface area contributed by atoms with E-state index in [9.17, 15) is 4.79 Å². The number of hydrogen-bond acceptors (Lipinski definition) is 4. The van der Waals surface area contributed by atoms with Crippen molar-refractivity contribution in [2.24, 2.45) is 5.10 Å². The summed E-state index contributed by atoms with van der Waals surface area (Å²) < 4.78 is 10.9. The van der Waals surface area contributed by atoms with Crippen LogP contribution in [0.15, 0.2) is 84.5 Å². The summed E-state index contributed by atoms with van der Waals surface area (Å²) in [5.74, 6) is 1.12. The molecule has 29 heavy (non-hydrogen) atoms. The van der Waals surface area contributed by atoms with Gasteiger partial charge in [-0.3, -0.25) is 4.79 Å². The molecule has 5 nitrogen and oxygen atoms in total. The monoisotopic (exact) mass is 386 g/mol. The summed E-state index contributed by atoms with van der Waals surface area (Å²) in [4.78, 5) is 12.2. The number of hydrogen-bond donors (Lipinski definition) is 1. The van der Waals surface area contributed by atoms with E-state index in [1.54, 1.807) is 43.7 Å². The molecule has 0 atom stereocenters. The van der Waals surface area contributed by atoms with Crippen molar-refractivity contribution in [1.82, 2.24) is 5.43 Å². The van der Waals surface area contributed by atoms with E-state index in [0.717, 1.165) is 22.4 Å². The molecule has 0 unspecified atom stereocenters. The van der Waals surface area contributed by atoms with Gasteiger partial charge in [-0.25, -0.2) is 5.43 Å². The Labute approximate surface area is 170 Å². The summed E-state index contributed by atoms with van der Waals surface area (Å²) in [5.41, 5.74) is 5.97. The van der Waals surface area contributed by atoms with Crippen LogP contribution >= 0.6 is 0 Å². The standard InChI is InChI=1S/C24H22N2O3/c1-3-18-7-9-19(10-8-18)17-29-22-13-11-21(12-14-22)24(27)26-25-16-20-5-4-6-23(15-20)28-2/h3-16H,1,17H2,2H3,(H,26,27)/b25-16+. The molecule has 0 spiro atoms. The van der Waals surface area contributed by atoms with Crippen LogP contribution in [0, 0.1) is 0 Å². The van der Waals surface area contributed by atoms with Crippen molar-refractivity contribution in [1.29, 1.82) is 0 Å². The van der Waals surface area contributed by atoms with Crippen LogP contribution in [-0.2, 0) is 6.61 Å². The second-order valence-electron chi connectivity index (χ2n) is 6.23. The zero-order valence-corrected chi connectivity index (χ0v) is 16.2. The fourth-order valence-corrected chi connectivity index (χ4v) is 2.57. The number of benzene rings is 3. The summed E-state index contributed by atoms with van der Waals surface area (Å²) in [6, 6.07) is 22.3. The lowest BCUT2D eigenvalue weighted by atomic mass is 10.1. The average molecular weight is 386 g/mol. The van der Waals surface area contributed by atoms with Gasteiger partial charge in [0.2, 0.25) is 0 Å². The van der Waals surface area contributed by atoms with E-state index in [1.807, 2.05) is 48.5 Å². The number of amides is 1. The van der Waals surface area contributed by atoms with Gasteiger partial charge in [0, 0.05) is 5.56 Å². The largest absolute Gasteiger partial charge is 0.497 e. The van der Waals surface area contributed by atoms with E-state index in [2.05, 4.69) is 17.1 Å². The predicted octanol–water partition coefficient (Wildman–Crippen LogP) is 4.68. The molecule has 0 heterocycles. The molecule has 1 amide bonds. The van der Waals surface area contributed by atoms with Gasteiger partial charge < -0.3 is 9.47 Å². The summed E-state index contributed by atoms with van der Waals surface area (Å²) >= 11 is 0. The van der Waals surface area contributed by atoms with E-state index >= 15 is 0 Å². The highest BCUT2D eigenvalue weighted by atomic mass is 16.5. The van der Waals surface area contributed by atoms with Gasteiger partial charge in [0.05, 0.1) is 13.3 Å². The van der Waals surface area contributed by atoms with Crippen molar-refractivity contribution in [2.75, 3.05) is 7.11 Å². The fourth-order valence-electron chi connectivity index (χ4n) is 2.57. The smallest absolute Gasteiger partial charge is 0.271 e. The van der Waals surface area contributed by atoms with Gasteiger partial charge in [0.15, 0.2) is 0 Å². The summed E-state index contributed by atoms with van der Waals surface area (Å²) in [5, 5.41) is 3.99. The zero-order chi connectivity index (χ0) is 20.5. The lowest BCUT2D eigenvalue weighted by Gasteiger charge is -2.07. The van der Waals surface area contributed by atoms with E-state index in [4.69, 9.17) is 9.47 Å². The van der Waals surface area contributed by atoms with Crippen LogP contribution in [0.5, 0.6) is 11.5 Å². The zero-order valence-electron chi connectivity index (χ0n) is 16.2. The molecule has 5 heteroatoms. The molecular formula is C24H22N2O3. The summed E-state index contributed by atoms with van der Waals surface area (Å²) in [6.07, 6.45) is 3.37. The first-order chi connectivity index (χ1) is 14.2. The molecular weight excluding hydrogens is 364 g/mol. The van der Waals surface area contributed by atoms with Crippen LogP contribution in [-0.4, -0.2) is 19.2 Å². The highest BCUT2D eigenvalue weighted by Crippen LogP contribution is 2.15. The number of carbonyl (C=O) groups is 1. The Morgan fingerprint density at radius 2 is 1.76 bits per heavy atom. The Morgan fingerprint density at radius 1 is 1.00 bits per heavy atom. The molecule has 1 N–H and O–H groups in total. The topological polar surface area (TPSA) is 59.9 Å². The van der Waals surface area contributed by atoms with Gasteiger partial charge in [-0.1, -0.05) is 49.1 Å². The molecule has 0 aromatic heterocycles. The maximum Gasteiger partial charge on any atom is 0.271 e. The van der Waals surface area contributed by atoms with Gasteiger partial charge in [0.1, 0.15) is 18.1 Å². The highest BCUT2D eigenvalue weighted by Gasteiger charge is 2.05. The second-order valence-corrected chi connectivity index (χ2v) is 6.23. The summed E-state index contributed by atoms with van der Waals surface area (Å²) in [7, 11) is 1.60. The number of nitrogens with one attached hydrogen (secondary N) is 1. The van der Waals surface area contributed by atoms with Crippen LogP contribution in [0.4, 0.5) is 0 Å². The molecule has 0 saturated heterocycles. The minimum atomic E-state index is -0.296. The lowest BCUT2D eigenvalue weighted by Crippen LogP contribution is -2.17. The number of nitrogens with zero attached hydrogens (tertiary/aromatic N) is 1. The molecule has 0 bridgehead atoms. The van der Waals surface area contributed by atoms with Crippen molar-refractivity contribution >= 4 is 18.2 Å². The van der Waals surface area contributed by atoms with Crippen LogP contribution in [0.25, 0.3) is 6.08 Å². The second kappa shape index (κ2) is 9.90. The van der Waals surface area contributed by atoms with Gasteiger partial charge >= 0.3 is 0 Å².